The lowest BCUT2D eigenvalue weighted by Gasteiger charge is -2.07. The molecule has 0 bridgehead atoms. The molecule has 2 heteroatoms. The SMILES string of the molecule is O=C(Cc1ccccc1)NCCc1ccc2ccccc2c1. The van der Waals surface area contributed by atoms with Crippen LogP contribution < -0.4 is 5.32 Å². The van der Waals surface area contributed by atoms with Gasteiger partial charge < -0.3 is 5.32 Å². The molecular weight excluding hydrogens is 270 g/mol. The molecule has 1 N–H and O–H groups in total. The van der Waals surface area contributed by atoms with Crippen molar-refractivity contribution in [2.75, 3.05) is 6.54 Å². The number of hydrogen-bond acceptors (Lipinski definition) is 1. The van der Waals surface area contributed by atoms with Crippen LogP contribution in [0.15, 0.2) is 72.8 Å². The minimum Gasteiger partial charge on any atom is -0.355 e. The zero-order valence-corrected chi connectivity index (χ0v) is 12.5. The Bertz CT molecular complexity index is 765. The molecule has 0 aliphatic heterocycles. The van der Waals surface area contributed by atoms with Crippen LogP contribution in [0.1, 0.15) is 11.1 Å². The summed E-state index contributed by atoms with van der Waals surface area (Å²) in [7, 11) is 0. The fraction of sp³-hybridized carbons (Fsp3) is 0.150. The van der Waals surface area contributed by atoms with Gasteiger partial charge in [0, 0.05) is 6.54 Å². The topological polar surface area (TPSA) is 29.1 Å². The fourth-order valence-electron chi connectivity index (χ4n) is 2.58. The first-order chi connectivity index (χ1) is 10.8. The molecule has 0 aliphatic carbocycles. The zero-order valence-electron chi connectivity index (χ0n) is 12.5. The van der Waals surface area contributed by atoms with Gasteiger partial charge in [0.15, 0.2) is 0 Å². The highest BCUT2D eigenvalue weighted by molar-refractivity contribution is 5.83. The molecule has 0 spiro atoms. The molecule has 3 aromatic carbocycles. The normalized spacial score (nSPS) is 10.5. The second-order valence-corrected chi connectivity index (χ2v) is 5.44. The Kier molecular flexibility index (Phi) is 4.50. The zero-order chi connectivity index (χ0) is 15.2. The Morgan fingerprint density at radius 1 is 0.773 bits per heavy atom. The predicted molar refractivity (Wildman–Crippen MR) is 90.8 cm³/mol. The van der Waals surface area contributed by atoms with E-state index >= 15 is 0 Å². The molecule has 0 aromatic heterocycles. The van der Waals surface area contributed by atoms with Crippen molar-refractivity contribution in [2.45, 2.75) is 12.8 Å². The maximum Gasteiger partial charge on any atom is 0.224 e. The molecule has 0 unspecified atom stereocenters. The fourth-order valence-corrected chi connectivity index (χ4v) is 2.58. The summed E-state index contributed by atoms with van der Waals surface area (Å²) in [5.41, 5.74) is 2.30. The van der Waals surface area contributed by atoms with Gasteiger partial charge in [-0.25, -0.2) is 0 Å². The summed E-state index contributed by atoms with van der Waals surface area (Å²) in [5.74, 6) is 0.0759. The van der Waals surface area contributed by atoms with E-state index in [1.54, 1.807) is 0 Å². The van der Waals surface area contributed by atoms with Crippen LogP contribution in [0, 0.1) is 0 Å². The van der Waals surface area contributed by atoms with Gasteiger partial charge in [0.25, 0.3) is 0 Å². The summed E-state index contributed by atoms with van der Waals surface area (Å²) in [6.45, 7) is 0.671. The first kappa shape index (κ1) is 14.3. The Morgan fingerprint density at radius 2 is 1.50 bits per heavy atom. The van der Waals surface area contributed by atoms with E-state index in [4.69, 9.17) is 0 Å². The van der Waals surface area contributed by atoms with Crippen molar-refractivity contribution < 1.29 is 4.79 Å². The summed E-state index contributed by atoms with van der Waals surface area (Å²) in [6, 6.07) is 24.6. The van der Waals surface area contributed by atoms with Gasteiger partial charge in [0.1, 0.15) is 0 Å². The van der Waals surface area contributed by atoms with Crippen LogP contribution in [0.2, 0.25) is 0 Å². The van der Waals surface area contributed by atoms with Crippen molar-refractivity contribution in [3.05, 3.63) is 83.9 Å². The maximum absolute atomic E-state index is 11.9. The summed E-state index contributed by atoms with van der Waals surface area (Å²) in [6.07, 6.45) is 1.30. The Balaban J connectivity index is 1.52. The van der Waals surface area contributed by atoms with Gasteiger partial charge >= 0.3 is 0 Å². The number of fused-ring (bicyclic) bond motifs is 1. The van der Waals surface area contributed by atoms with Crippen molar-refractivity contribution in [2.24, 2.45) is 0 Å². The van der Waals surface area contributed by atoms with Crippen LogP contribution >= 0.6 is 0 Å². The molecule has 1 amide bonds. The van der Waals surface area contributed by atoms with E-state index in [0.29, 0.717) is 13.0 Å². The third kappa shape index (κ3) is 3.73. The second kappa shape index (κ2) is 6.90. The average molecular weight is 289 g/mol. The number of carbonyl (C=O) groups is 1. The van der Waals surface area contributed by atoms with Crippen LogP contribution in [0.4, 0.5) is 0 Å². The minimum absolute atomic E-state index is 0.0759. The number of hydrogen-bond donors (Lipinski definition) is 1. The van der Waals surface area contributed by atoms with Crippen molar-refractivity contribution in [1.29, 1.82) is 0 Å². The number of nitrogens with one attached hydrogen (secondary N) is 1. The molecule has 0 atom stereocenters. The lowest BCUT2D eigenvalue weighted by Crippen LogP contribution is -2.27. The van der Waals surface area contributed by atoms with E-state index in [1.165, 1.54) is 16.3 Å². The number of rotatable bonds is 5. The van der Waals surface area contributed by atoms with Crippen molar-refractivity contribution >= 4 is 16.7 Å². The smallest absolute Gasteiger partial charge is 0.224 e. The van der Waals surface area contributed by atoms with Crippen LogP contribution in [-0.2, 0) is 17.6 Å². The lowest BCUT2D eigenvalue weighted by atomic mass is 10.1. The van der Waals surface area contributed by atoms with Crippen LogP contribution in [-0.4, -0.2) is 12.5 Å². The van der Waals surface area contributed by atoms with E-state index in [2.05, 4.69) is 35.6 Å². The molecule has 2 nitrogen and oxygen atoms in total. The molecule has 110 valence electrons. The third-order valence-corrected chi connectivity index (χ3v) is 3.76. The Labute approximate surface area is 130 Å². The van der Waals surface area contributed by atoms with E-state index < -0.39 is 0 Å². The molecule has 3 aromatic rings. The Morgan fingerprint density at radius 3 is 2.32 bits per heavy atom. The van der Waals surface area contributed by atoms with E-state index in [1.807, 2.05) is 42.5 Å². The van der Waals surface area contributed by atoms with Crippen molar-refractivity contribution in [3.8, 4) is 0 Å². The van der Waals surface area contributed by atoms with E-state index in [-0.39, 0.29) is 5.91 Å². The van der Waals surface area contributed by atoms with Crippen molar-refractivity contribution in [3.63, 3.8) is 0 Å². The summed E-state index contributed by atoms with van der Waals surface area (Å²) >= 11 is 0. The average Bonchev–Trinajstić information content (AvgIpc) is 2.55. The monoisotopic (exact) mass is 289 g/mol. The quantitative estimate of drug-likeness (QED) is 0.761. The highest BCUT2D eigenvalue weighted by Crippen LogP contribution is 2.15. The molecule has 0 fully saturated rings. The van der Waals surface area contributed by atoms with Gasteiger partial charge in [-0.1, -0.05) is 72.8 Å². The first-order valence-electron chi connectivity index (χ1n) is 7.59. The molecular formula is C20H19NO. The standard InChI is InChI=1S/C20H19NO/c22-20(15-16-6-2-1-3-7-16)21-13-12-17-10-11-18-8-4-5-9-19(18)14-17/h1-11,14H,12-13,15H2,(H,21,22). The molecule has 0 aliphatic rings. The van der Waals surface area contributed by atoms with Crippen LogP contribution in [0.25, 0.3) is 10.8 Å². The molecule has 0 radical (unpaired) electrons. The second-order valence-electron chi connectivity index (χ2n) is 5.44. The summed E-state index contributed by atoms with van der Waals surface area (Å²) in [5, 5.41) is 5.48. The lowest BCUT2D eigenvalue weighted by molar-refractivity contribution is -0.120. The summed E-state index contributed by atoms with van der Waals surface area (Å²) < 4.78 is 0. The molecule has 3 rings (SSSR count). The van der Waals surface area contributed by atoms with E-state index in [0.717, 1.165) is 12.0 Å². The molecule has 22 heavy (non-hydrogen) atoms. The minimum atomic E-state index is 0.0759. The highest BCUT2D eigenvalue weighted by Gasteiger charge is 2.02. The largest absolute Gasteiger partial charge is 0.355 e. The van der Waals surface area contributed by atoms with Gasteiger partial charge in [-0.15, -0.1) is 0 Å². The predicted octanol–water partition coefficient (Wildman–Crippen LogP) is 3.74. The third-order valence-electron chi connectivity index (χ3n) is 3.76. The van der Waals surface area contributed by atoms with Gasteiger partial charge in [0.05, 0.1) is 6.42 Å². The van der Waals surface area contributed by atoms with Gasteiger partial charge in [-0.2, -0.15) is 0 Å². The van der Waals surface area contributed by atoms with E-state index in [9.17, 15) is 4.79 Å². The van der Waals surface area contributed by atoms with Gasteiger partial charge in [-0.3, -0.25) is 4.79 Å². The molecule has 0 saturated carbocycles. The van der Waals surface area contributed by atoms with Gasteiger partial charge in [-0.05, 0) is 28.3 Å². The van der Waals surface area contributed by atoms with Gasteiger partial charge in [0.2, 0.25) is 5.91 Å². The number of amides is 1. The highest BCUT2D eigenvalue weighted by atomic mass is 16.1. The molecule has 0 saturated heterocycles. The summed E-state index contributed by atoms with van der Waals surface area (Å²) in [4.78, 5) is 11.9. The number of carbonyl (C=O) groups excluding carboxylic acids is 1. The number of benzene rings is 3. The first-order valence-corrected chi connectivity index (χ1v) is 7.59. The maximum atomic E-state index is 11.9. The van der Waals surface area contributed by atoms with Crippen LogP contribution in [0.5, 0.6) is 0 Å². The van der Waals surface area contributed by atoms with Crippen molar-refractivity contribution in [1.82, 2.24) is 5.32 Å². The van der Waals surface area contributed by atoms with Crippen LogP contribution in [0.3, 0.4) is 0 Å². The molecule has 0 heterocycles. The Hall–Kier alpha value is -2.61.